The lowest BCUT2D eigenvalue weighted by Crippen LogP contribution is -2.46. The number of ether oxygens (including phenoxy) is 3. The smallest absolute Gasteiger partial charge is 0.408 e. The third-order valence-electron chi connectivity index (χ3n) is 3.00. The molecule has 6 heteroatoms. The number of hydrogen-bond donors (Lipinski definition) is 1. The molecule has 0 aliphatic rings. The summed E-state index contributed by atoms with van der Waals surface area (Å²) in [7, 11) is 0. The van der Waals surface area contributed by atoms with Gasteiger partial charge in [-0.05, 0) is 59.2 Å². The quantitative estimate of drug-likeness (QED) is 0.762. The number of nitrogens with one attached hydrogen (secondary N) is 1. The number of esters is 1. The van der Waals surface area contributed by atoms with Gasteiger partial charge in [-0.2, -0.15) is 0 Å². The Balaban J connectivity index is 2.83. The van der Waals surface area contributed by atoms with Crippen LogP contribution >= 0.6 is 0 Å². The van der Waals surface area contributed by atoms with Gasteiger partial charge in [0.15, 0.2) is 0 Å². The van der Waals surface area contributed by atoms with Gasteiger partial charge in [0.05, 0.1) is 12.7 Å². The second-order valence-electron chi connectivity index (χ2n) is 6.97. The van der Waals surface area contributed by atoms with E-state index in [4.69, 9.17) is 14.2 Å². The van der Waals surface area contributed by atoms with Crippen molar-refractivity contribution in [1.82, 2.24) is 5.32 Å². The molecule has 0 aliphatic heterocycles. The van der Waals surface area contributed by atoms with Crippen LogP contribution in [0, 0.1) is 0 Å². The highest BCUT2D eigenvalue weighted by Crippen LogP contribution is 2.15. The fraction of sp³-hybridized carbons (Fsp3) is 0.579. The Morgan fingerprint density at radius 3 is 2.20 bits per heavy atom. The van der Waals surface area contributed by atoms with Crippen molar-refractivity contribution < 1.29 is 23.8 Å². The minimum absolute atomic E-state index is 0.268. The van der Waals surface area contributed by atoms with Crippen LogP contribution in [0.15, 0.2) is 24.3 Å². The summed E-state index contributed by atoms with van der Waals surface area (Å²) in [5.41, 5.74) is 0.237. The van der Waals surface area contributed by atoms with Crippen LogP contribution in [-0.2, 0) is 20.7 Å². The molecule has 0 saturated carbocycles. The number of alkyl carbamates (subject to hydrolysis) is 1. The Bertz CT molecular complexity index is 560. The van der Waals surface area contributed by atoms with Gasteiger partial charge in [0.25, 0.3) is 0 Å². The highest BCUT2D eigenvalue weighted by Gasteiger charge is 2.26. The van der Waals surface area contributed by atoms with Crippen molar-refractivity contribution in [1.29, 1.82) is 0 Å². The first-order valence-corrected chi connectivity index (χ1v) is 8.52. The highest BCUT2D eigenvalue weighted by molar-refractivity contribution is 5.81. The molecule has 1 atom stereocenters. The van der Waals surface area contributed by atoms with Crippen molar-refractivity contribution in [3.05, 3.63) is 29.8 Å². The van der Waals surface area contributed by atoms with Crippen LogP contribution in [-0.4, -0.2) is 36.4 Å². The predicted molar refractivity (Wildman–Crippen MR) is 95.7 cm³/mol. The zero-order chi connectivity index (χ0) is 19.0. The molecule has 25 heavy (non-hydrogen) atoms. The minimum Gasteiger partial charge on any atom is -0.494 e. The number of carbonyl (C=O) groups excluding carboxylic acids is 2. The van der Waals surface area contributed by atoms with Crippen LogP contribution in [0.2, 0.25) is 0 Å². The molecule has 140 valence electrons. The fourth-order valence-corrected chi connectivity index (χ4v) is 2.08. The van der Waals surface area contributed by atoms with Crippen LogP contribution in [0.25, 0.3) is 0 Å². The van der Waals surface area contributed by atoms with Gasteiger partial charge in [-0.1, -0.05) is 12.1 Å². The number of benzene rings is 1. The first-order chi connectivity index (χ1) is 11.6. The van der Waals surface area contributed by atoms with Gasteiger partial charge >= 0.3 is 12.1 Å². The lowest BCUT2D eigenvalue weighted by Gasteiger charge is -2.23. The Morgan fingerprint density at radius 1 is 1.12 bits per heavy atom. The topological polar surface area (TPSA) is 73.9 Å². The minimum atomic E-state index is -0.824. The molecule has 1 rings (SSSR count). The average molecular weight is 351 g/mol. The van der Waals surface area contributed by atoms with Crippen molar-refractivity contribution >= 4 is 12.1 Å². The van der Waals surface area contributed by atoms with Gasteiger partial charge < -0.3 is 19.5 Å². The molecule has 6 nitrogen and oxygen atoms in total. The lowest BCUT2D eigenvalue weighted by atomic mass is 10.1. The predicted octanol–water partition coefficient (Wildman–Crippen LogP) is 3.47. The molecule has 0 spiro atoms. The molecular formula is C19H29NO5. The Hall–Kier alpha value is -2.24. The molecule has 0 aliphatic carbocycles. The molecule has 1 aromatic rings. The zero-order valence-electron chi connectivity index (χ0n) is 15.9. The molecule has 0 aromatic heterocycles. The molecule has 1 N–H and O–H groups in total. The van der Waals surface area contributed by atoms with Gasteiger partial charge in [0, 0.05) is 6.42 Å². The number of amides is 1. The second-order valence-corrected chi connectivity index (χ2v) is 6.97. The fourth-order valence-electron chi connectivity index (χ4n) is 2.08. The Labute approximate surface area is 149 Å². The SMILES string of the molecule is CCOc1ccc(C[C@H](NC(=O)OC(C)(C)C)C(=O)OC(C)C)cc1. The highest BCUT2D eigenvalue weighted by atomic mass is 16.6. The molecule has 0 heterocycles. The third kappa shape index (κ3) is 8.42. The Morgan fingerprint density at radius 2 is 1.72 bits per heavy atom. The van der Waals surface area contributed by atoms with E-state index >= 15 is 0 Å². The second kappa shape index (κ2) is 9.30. The van der Waals surface area contributed by atoms with E-state index in [0.717, 1.165) is 11.3 Å². The summed E-state index contributed by atoms with van der Waals surface area (Å²) in [5.74, 6) is 0.266. The van der Waals surface area contributed by atoms with Gasteiger partial charge in [-0.25, -0.2) is 9.59 Å². The van der Waals surface area contributed by atoms with Crippen molar-refractivity contribution in [2.45, 2.75) is 65.7 Å². The standard InChI is InChI=1S/C19H29NO5/c1-7-23-15-10-8-14(9-11-15)12-16(17(21)24-13(2)3)20-18(22)25-19(4,5)6/h8-11,13,16H,7,12H2,1-6H3,(H,20,22)/t16-/m0/s1. The van der Waals surface area contributed by atoms with Gasteiger partial charge in [0.2, 0.25) is 0 Å². The maximum Gasteiger partial charge on any atom is 0.408 e. The van der Waals surface area contributed by atoms with Crippen molar-refractivity contribution in [2.75, 3.05) is 6.61 Å². The van der Waals surface area contributed by atoms with Crippen LogP contribution in [0.4, 0.5) is 4.79 Å². The third-order valence-corrected chi connectivity index (χ3v) is 3.00. The molecule has 1 aromatic carbocycles. The molecule has 1 amide bonds. The van der Waals surface area contributed by atoms with E-state index < -0.39 is 23.7 Å². The summed E-state index contributed by atoms with van der Waals surface area (Å²) in [6.07, 6.45) is -0.614. The Kier molecular flexibility index (Phi) is 7.74. The van der Waals surface area contributed by atoms with Gasteiger partial charge in [-0.3, -0.25) is 0 Å². The van der Waals surface area contributed by atoms with Crippen molar-refractivity contribution in [3.63, 3.8) is 0 Å². The van der Waals surface area contributed by atoms with E-state index in [-0.39, 0.29) is 6.10 Å². The summed E-state index contributed by atoms with van der Waals surface area (Å²) in [6, 6.07) is 6.55. The summed E-state index contributed by atoms with van der Waals surface area (Å²) < 4.78 is 15.9. The van der Waals surface area contributed by atoms with Crippen LogP contribution < -0.4 is 10.1 Å². The van der Waals surface area contributed by atoms with E-state index in [9.17, 15) is 9.59 Å². The maximum absolute atomic E-state index is 12.3. The van der Waals surface area contributed by atoms with Crippen molar-refractivity contribution in [2.24, 2.45) is 0 Å². The zero-order valence-corrected chi connectivity index (χ0v) is 15.9. The summed E-state index contributed by atoms with van der Waals surface area (Å²) >= 11 is 0. The van der Waals surface area contributed by atoms with Gasteiger partial charge in [0.1, 0.15) is 17.4 Å². The molecule has 0 radical (unpaired) electrons. The normalized spacial score (nSPS) is 12.4. The number of carbonyl (C=O) groups is 2. The van der Waals surface area contributed by atoms with Crippen LogP contribution in [0.5, 0.6) is 5.75 Å². The van der Waals surface area contributed by atoms with Crippen molar-refractivity contribution in [3.8, 4) is 5.75 Å². The van der Waals surface area contributed by atoms with Gasteiger partial charge in [-0.15, -0.1) is 0 Å². The summed E-state index contributed by atoms with van der Waals surface area (Å²) in [6.45, 7) is 11.3. The molecule has 0 saturated heterocycles. The first kappa shape index (κ1) is 20.8. The monoisotopic (exact) mass is 351 g/mol. The van der Waals surface area contributed by atoms with E-state index in [0.29, 0.717) is 13.0 Å². The van der Waals surface area contributed by atoms with E-state index in [1.54, 1.807) is 34.6 Å². The number of hydrogen-bond acceptors (Lipinski definition) is 5. The van der Waals surface area contributed by atoms with E-state index in [1.165, 1.54) is 0 Å². The van der Waals surface area contributed by atoms with E-state index in [1.807, 2.05) is 31.2 Å². The van der Waals surface area contributed by atoms with E-state index in [2.05, 4.69) is 5.32 Å². The van der Waals surface area contributed by atoms with Crippen LogP contribution in [0.1, 0.15) is 47.1 Å². The lowest BCUT2D eigenvalue weighted by molar-refractivity contribution is -0.149. The summed E-state index contributed by atoms with van der Waals surface area (Å²) in [4.78, 5) is 24.3. The van der Waals surface area contributed by atoms with Crippen LogP contribution in [0.3, 0.4) is 0 Å². The number of rotatable bonds is 7. The summed E-state index contributed by atoms with van der Waals surface area (Å²) in [5, 5.41) is 2.60. The average Bonchev–Trinajstić information content (AvgIpc) is 2.46. The molecule has 0 fully saturated rings. The molecular weight excluding hydrogens is 322 g/mol. The molecule has 0 bridgehead atoms. The largest absolute Gasteiger partial charge is 0.494 e. The first-order valence-electron chi connectivity index (χ1n) is 8.52. The molecule has 0 unspecified atom stereocenters. The maximum atomic E-state index is 12.3.